The molecule has 32 heavy (non-hydrogen) atoms. The SMILES string of the molecule is C[C@@H](OC(=O)c1ccc(F)c(S(=O)(=O)N2CCOCC2)c1)C(=O)NC1(C#N)CCCCC1. The van der Waals surface area contributed by atoms with Crippen LogP contribution in [0.2, 0.25) is 0 Å². The molecule has 9 nitrogen and oxygen atoms in total. The molecule has 1 aromatic rings. The van der Waals surface area contributed by atoms with Gasteiger partial charge in [-0.25, -0.2) is 17.6 Å². The van der Waals surface area contributed by atoms with E-state index in [1.165, 1.54) is 6.92 Å². The van der Waals surface area contributed by atoms with E-state index in [0.29, 0.717) is 12.8 Å². The third-order valence-corrected chi connectivity index (χ3v) is 7.61. The van der Waals surface area contributed by atoms with Crippen molar-refractivity contribution in [2.45, 2.75) is 55.6 Å². The summed E-state index contributed by atoms with van der Waals surface area (Å²) in [7, 11) is -4.17. The van der Waals surface area contributed by atoms with Gasteiger partial charge in [0.25, 0.3) is 5.91 Å². The Morgan fingerprint density at radius 1 is 1.25 bits per heavy atom. The summed E-state index contributed by atoms with van der Waals surface area (Å²) in [5.41, 5.74) is -1.18. The van der Waals surface area contributed by atoms with Crippen molar-refractivity contribution in [1.82, 2.24) is 9.62 Å². The van der Waals surface area contributed by atoms with Gasteiger partial charge in [0.2, 0.25) is 10.0 Å². The van der Waals surface area contributed by atoms with Crippen LogP contribution in [-0.2, 0) is 24.3 Å². The predicted molar refractivity (Wildman–Crippen MR) is 110 cm³/mol. The number of carbonyl (C=O) groups excluding carboxylic acids is 2. The van der Waals surface area contributed by atoms with Gasteiger partial charge >= 0.3 is 5.97 Å². The lowest BCUT2D eigenvalue weighted by atomic mass is 9.83. The number of ether oxygens (including phenoxy) is 2. The van der Waals surface area contributed by atoms with Crippen molar-refractivity contribution in [3.05, 3.63) is 29.6 Å². The average molecular weight is 468 g/mol. The maximum Gasteiger partial charge on any atom is 0.338 e. The molecule has 174 valence electrons. The summed E-state index contributed by atoms with van der Waals surface area (Å²) in [6.07, 6.45) is 2.45. The number of sulfonamides is 1. The van der Waals surface area contributed by atoms with Gasteiger partial charge in [-0.15, -0.1) is 0 Å². The Labute approximate surface area is 186 Å². The van der Waals surface area contributed by atoms with E-state index in [1.807, 2.05) is 0 Å². The Morgan fingerprint density at radius 2 is 1.91 bits per heavy atom. The minimum atomic E-state index is -4.17. The second kappa shape index (κ2) is 9.94. The van der Waals surface area contributed by atoms with Crippen LogP contribution in [0.3, 0.4) is 0 Å². The number of halogens is 1. The maximum absolute atomic E-state index is 14.3. The first-order chi connectivity index (χ1) is 15.2. The van der Waals surface area contributed by atoms with E-state index in [4.69, 9.17) is 9.47 Å². The zero-order chi connectivity index (χ0) is 23.4. The number of nitrogens with zero attached hydrogens (tertiary/aromatic N) is 2. The van der Waals surface area contributed by atoms with Crippen molar-refractivity contribution in [3.63, 3.8) is 0 Å². The van der Waals surface area contributed by atoms with E-state index in [2.05, 4.69) is 11.4 Å². The van der Waals surface area contributed by atoms with Gasteiger partial charge in [-0.3, -0.25) is 4.79 Å². The van der Waals surface area contributed by atoms with E-state index in [0.717, 1.165) is 41.8 Å². The van der Waals surface area contributed by atoms with Crippen molar-refractivity contribution in [2.75, 3.05) is 26.3 Å². The molecular formula is C21H26FN3O6S. The number of nitriles is 1. The lowest BCUT2D eigenvalue weighted by Crippen LogP contribution is -2.52. The topological polar surface area (TPSA) is 126 Å². The first kappa shape index (κ1) is 24.1. The molecule has 1 saturated heterocycles. The first-order valence-electron chi connectivity index (χ1n) is 10.5. The monoisotopic (exact) mass is 467 g/mol. The molecule has 1 aromatic carbocycles. The molecule has 1 atom stereocenters. The Morgan fingerprint density at radius 3 is 2.53 bits per heavy atom. The quantitative estimate of drug-likeness (QED) is 0.632. The van der Waals surface area contributed by atoms with Gasteiger partial charge in [0.1, 0.15) is 16.3 Å². The molecule has 0 spiro atoms. The minimum Gasteiger partial charge on any atom is -0.449 e. The Kier molecular flexibility index (Phi) is 7.48. The number of hydrogen-bond acceptors (Lipinski definition) is 7. The molecule has 1 heterocycles. The normalized spacial score (nSPS) is 20.0. The highest BCUT2D eigenvalue weighted by molar-refractivity contribution is 7.89. The molecule has 11 heteroatoms. The highest BCUT2D eigenvalue weighted by Crippen LogP contribution is 2.28. The van der Waals surface area contributed by atoms with Gasteiger partial charge in [-0.1, -0.05) is 19.3 Å². The van der Waals surface area contributed by atoms with E-state index < -0.39 is 44.3 Å². The summed E-state index contributed by atoms with van der Waals surface area (Å²) in [4.78, 5) is 24.4. The predicted octanol–water partition coefficient (Wildman–Crippen LogP) is 1.73. The summed E-state index contributed by atoms with van der Waals surface area (Å²) in [5, 5.41) is 12.2. The molecule has 2 aliphatic rings. The van der Waals surface area contributed by atoms with Crippen molar-refractivity contribution in [1.29, 1.82) is 5.26 Å². The molecule has 2 fully saturated rings. The van der Waals surface area contributed by atoms with Gasteiger partial charge < -0.3 is 14.8 Å². The summed E-state index contributed by atoms with van der Waals surface area (Å²) in [6, 6.07) is 5.04. The minimum absolute atomic E-state index is 0.0777. The highest BCUT2D eigenvalue weighted by Gasteiger charge is 2.36. The number of rotatable bonds is 6. The van der Waals surface area contributed by atoms with Gasteiger partial charge in [0, 0.05) is 13.1 Å². The highest BCUT2D eigenvalue weighted by atomic mass is 32.2. The largest absolute Gasteiger partial charge is 0.449 e. The second-order valence-corrected chi connectivity index (χ2v) is 9.86. The fourth-order valence-corrected chi connectivity index (χ4v) is 5.29. The van der Waals surface area contributed by atoms with Crippen LogP contribution in [0, 0.1) is 17.1 Å². The zero-order valence-electron chi connectivity index (χ0n) is 17.8. The van der Waals surface area contributed by atoms with Crippen LogP contribution < -0.4 is 5.32 Å². The molecule has 3 rings (SSSR count). The molecule has 1 aliphatic carbocycles. The molecule has 0 bridgehead atoms. The second-order valence-electron chi connectivity index (χ2n) is 7.95. The van der Waals surface area contributed by atoms with Crippen LogP contribution in [0.4, 0.5) is 4.39 Å². The van der Waals surface area contributed by atoms with Gasteiger partial charge in [-0.05, 0) is 38.0 Å². The van der Waals surface area contributed by atoms with Crippen LogP contribution in [-0.4, -0.2) is 62.5 Å². The van der Waals surface area contributed by atoms with Gasteiger partial charge in [0.15, 0.2) is 6.10 Å². The van der Waals surface area contributed by atoms with Gasteiger partial charge in [-0.2, -0.15) is 9.57 Å². The number of esters is 1. The molecular weight excluding hydrogens is 441 g/mol. The lowest BCUT2D eigenvalue weighted by molar-refractivity contribution is -0.130. The molecule has 0 aromatic heterocycles. The van der Waals surface area contributed by atoms with E-state index in [-0.39, 0.29) is 31.9 Å². The van der Waals surface area contributed by atoms with Crippen LogP contribution >= 0.6 is 0 Å². The fraction of sp³-hybridized carbons (Fsp3) is 0.571. The summed E-state index contributed by atoms with van der Waals surface area (Å²) < 4.78 is 51.3. The number of benzene rings is 1. The van der Waals surface area contributed by atoms with Gasteiger partial charge in [0.05, 0.1) is 24.8 Å². The zero-order valence-corrected chi connectivity index (χ0v) is 18.6. The number of hydrogen-bond donors (Lipinski definition) is 1. The van der Waals surface area contributed by atoms with Crippen molar-refractivity contribution in [2.24, 2.45) is 0 Å². The fourth-order valence-electron chi connectivity index (χ4n) is 3.79. The molecule has 1 saturated carbocycles. The Hall–Kier alpha value is -2.55. The van der Waals surface area contributed by atoms with Crippen LogP contribution in [0.1, 0.15) is 49.4 Å². The average Bonchev–Trinajstić information content (AvgIpc) is 2.80. The molecule has 1 N–H and O–H groups in total. The summed E-state index contributed by atoms with van der Waals surface area (Å²) >= 11 is 0. The maximum atomic E-state index is 14.3. The molecule has 1 aliphatic heterocycles. The standard InChI is InChI=1S/C21H26FN3O6S/c1-15(19(26)24-21(14-23)7-3-2-4-8-21)31-20(27)16-5-6-17(22)18(13-16)32(28,29)25-9-11-30-12-10-25/h5-6,13,15H,2-4,7-12H2,1H3,(H,24,26)/t15-/m1/s1. The smallest absolute Gasteiger partial charge is 0.338 e. The first-order valence-corrected chi connectivity index (χ1v) is 11.9. The molecule has 1 amide bonds. The number of nitrogens with one attached hydrogen (secondary N) is 1. The van der Waals surface area contributed by atoms with Crippen molar-refractivity contribution in [3.8, 4) is 6.07 Å². The van der Waals surface area contributed by atoms with Crippen LogP contribution in [0.25, 0.3) is 0 Å². The molecule has 0 unspecified atom stereocenters. The Bertz CT molecular complexity index is 1010. The lowest BCUT2D eigenvalue weighted by Gasteiger charge is -2.32. The number of morpholine rings is 1. The third-order valence-electron chi connectivity index (χ3n) is 5.69. The number of amides is 1. The molecule has 0 radical (unpaired) electrons. The number of carbonyl (C=O) groups is 2. The summed E-state index contributed by atoms with van der Waals surface area (Å²) in [5.74, 6) is -2.59. The summed E-state index contributed by atoms with van der Waals surface area (Å²) in [6.45, 7) is 1.90. The van der Waals surface area contributed by atoms with E-state index in [1.54, 1.807) is 0 Å². The van der Waals surface area contributed by atoms with Crippen molar-refractivity contribution >= 4 is 21.9 Å². The van der Waals surface area contributed by atoms with E-state index >= 15 is 0 Å². The third kappa shape index (κ3) is 5.26. The van der Waals surface area contributed by atoms with Crippen LogP contribution in [0.5, 0.6) is 0 Å². The van der Waals surface area contributed by atoms with E-state index in [9.17, 15) is 27.7 Å². The van der Waals surface area contributed by atoms with Crippen LogP contribution in [0.15, 0.2) is 23.1 Å². The Balaban J connectivity index is 1.71. The van der Waals surface area contributed by atoms with Crippen molar-refractivity contribution < 1.29 is 31.9 Å².